The molecule has 0 saturated heterocycles. The molecule has 0 radical (unpaired) electrons. The maximum Gasteiger partial charge on any atom is 0.262 e. The second kappa shape index (κ2) is 9.26. The van der Waals surface area contributed by atoms with Gasteiger partial charge in [-0.2, -0.15) is 0 Å². The zero-order chi connectivity index (χ0) is 20.1. The highest BCUT2D eigenvalue weighted by Gasteiger charge is 2.19. The van der Waals surface area contributed by atoms with Gasteiger partial charge < -0.3 is 5.32 Å². The van der Waals surface area contributed by atoms with Gasteiger partial charge in [0.05, 0.1) is 16.2 Å². The van der Waals surface area contributed by atoms with Gasteiger partial charge in [0, 0.05) is 18.1 Å². The van der Waals surface area contributed by atoms with Crippen LogP contribution < -0.4 is 10.9 Å². The molecule has 3 rings (SSSR count). The number of benzene rings is 2. The van der Waals surface area contributed by atoms with Gasteiger partial charge in [-0.05, 0) is 37.1 Å². The van der Waals surface area contributed by atoms with Gasteiger partial charge in [-0.15, -0.1) is 0 Å². The van der Waals surface area contributed by atoms with E-state index < -0.39 is 5.25 Å². The van der Waals surface area contributed by atoms with Gasteiger partial charge in [-0.3, -0.25) is 14.2 Å². The van der Waals surface area contributed by atoms with E-state index in [9.17, 15) is 9.59 Å². The minimum absolute atomic E-state index is 0.0997. The molecule has 3 aromatic rings. The monoisotopic (exact) mass is 415 g/mol. The summed E-state index contributed by atoms with van der Waals surface area (Å²) >= 11 is 7.35. The average molecular weight is 416 g/mol. The number of carbonyl (C=O) groups is 1. The van der Waals surface area contributed by atoms with Crippen LogP contribution in [0.15, 0.2) is 58.5 Å². The lowest BCUT2D eigenvalue weighted by Gasteiger charge is -2.16. The van der Waals surface area contributed by atoms with E-state index >= 15 is 0 Å². The van der Waals surface area contributed by atoms with Gasteiger partial charge in [-0.25, -0.2) is 4.98 Å². The molecule has 0 unspecified atom stereocenters. The average Bonchev–Trinajstić information content (AvgIpc) is 2.69. The van der Waals surface area contributed by atoms with Crippen LogP contribution in [0.25, 0.3) is 10.9 Å². The minimum Gasteiger partial charge on any atom is -0.351 e. The smallest absolute Gasteiger partial charge is 0.262 e. The summed E-state index contributed by atoms with van der Waals surface area (Å²) in [4.78, 5) is 30.0. The number of carbonyl (C=O) groups excluding carboxylic acids is 1. The Bertz CT molecular complexity index is 1040. The van der Waals surface area contributed by atoms with E-state index in [4.69, 9.17) is 11.6 Å². The van der Waals surface area contributed by atoms with Gasteiger partial charge in [-0.1, -0.05) is 60.6 Å². The number of nitrogens with zero attached hydrogens (tertiary/aromatic N) is 2. The van der Waals surface area contributed by atoms with Crippen LogP contribution in [0, 0.1) is 0 Å². The summed E-state index contributed by atoms with van der Waals surface area (Å²) in [5, 5.41) is 4.13. The number of nitrogens with one attached hydrogen (secondary N) is 1. The largest absolute Gasteiger partial charge is 0.351 e. The van der Waals surface area contributed by atoms with Crippen molar-refractivity contribution in [2.45, 2.75) is 43.8 Å². The molecule has 28 heavy (non-hydrogen) atoms. The predicted octanol–water partition coefficient (Wildman–Crippen LogP) is 4.26. The van der Waals surface area contributed by atoms with E-state index in [0.717, 1.165) is 12.0 Å². The van der Waals surface area contributed by atoms with Crippen LogP contribution in [0.4, 0.5) is 0 Å². The predicted molar refractivity (Wildman–Crippen MR) is 115 cm³/mol. The van der Waals surface area contributed by atoms with Gasteiger partial charge in [0.1, 0.15) is 0 Å². The fourth-order valence-electron chi connectivity index (χ4n) is 2.82. The maximum atomic E-state index is 12.9. The molecule has 146 valence electrons. The number of halogens is 1. The number of hydrogen-bond donors (Lipinski definition) is 1. The zero-order valence-corrected chi connectivity index (χ0v) is 17.4. The molecule has 0 aliphatic rings. The van der Waals surface area contributed by atoms with E-state index in [0.29, 0.717) is 34.2 Å². The summed E-state index contributed by atoms with van der Waals surface area (Å²) in [6.45, 7) is 4.83. The zero-order valence-electron chi connectivity index (χ0n) is 15.8. The van der Waals surface area contributed by atoms with Crippen LogP contribution in [0.3, 0.4) is 0 Å². The normalized spacial score (nSPS) is 12.1. The molecule has 1 atom stereocenters. The molecule has 1 heterocycles. The van der Waals surface area contributed by atoms with Gasteiger partial charge in [0.15, 0.2) is 5.16 Å². The third kappa shape index (κ3) is 4.75. The van der Waals surface area contributed by atoms with Crippen molar-refractivity contribution in [1.29, 1.82) is 0 Å². The second-order valence-corrected chi connectivity index (χ2v) is 8.22. The molecule has 0 spiro atoms. The van der Waals surface area contributed by atoms with Gasteiger partial charge in [0.2, 0.25) is 5.91 Å². The summed E-state index contributed by atoms with van der Waals surface area (Å²) in [5.74, 6) is -0.0997. The number of rotatable bonds is 7. The Morgan fingerprint density at radius 3 is 2.71 bits per heavy atom. The maximum absolute atomic E-state index is 12.9. The van der Waals surface area contributed by atoms with Crippen molar-refractivity contribution in [3.63, 3.8) is 0 Å². The molecule has 1 amide bonds. The van der Waals surface area contributed by atoms with Crippen LogP contribution in [0.5, 0.6) is 0 Å². The number of hydrogen-bond acceptors (Lipinski definition) is 4. The lowest BCUT2D eigenvalue weighted by Crippen LogP contribution is -2.31. The highest BCUT2D eigenvalue weighted by atomic mass is 35.5. The van der Waals surface area contributed by atoms with Crippen molar-refractivity contribution in [2.75, 3.05) is 0 Å². The van der Waals surface area contributed by atoms with Crippen LogP contribution in [0.1, 0.15) is 25.8 Å². The van der Waals surface area contributed by atoms with Crippen molar-refractivity contribution in [1.82, 2.24) is 14.9 Å². The van der Waals surface area contributed by atoms with Crippen molar-refractivity contribution >= 4 is 40.2 Å². The van der Waals surface area contributed by atoms with Crippen LogP contribution >= 0.6 is 23.4 Å². The Hall–Kier alpha value is -2.31. The van der Waals surface area contributed by atoms with E-state index in [-0.39, 0.29) is 11.5 Å². The molecule has 0 saturated carbocycles. The SMILES string of the molecule is CCCn1c(S[C@@H](C)C(=O)NCc2ccccc2)nc2cc(Cl)ccc2c1=O. The third-order valence-electron chi connectivity index (χ3n) is 4.29. The lowest BCUT2D eigenvalue weighted by atomic mass is 10.2. The third-order valence-corrected chi connectivity index (χ3v) is 5.62. The molecule has 1 aromatic heterocycles. The molecule has 0 fully saturated rings. The first-order valence-corrected chi connectivity index (χ1v) is 10.4. The number of fused-ring (bicyclic) bond motifs is 1. The summed E-state index contributed by atoms with van der Waals surface area (Å²) in [6.07, 6.45) is 0.794. The molecule has 0 bridgehead atoms. The summed E-state index contributed by atoms with van der Waals surface area (Å²) < 4.78 is 1.64. The van der Waals surface area contributed by atoms with Crippen LogP contribution in [0.2, 0.25) is 5.02 Å². The molecule has 0 aliphatic heterocycles. The lowest BCUT2D eigenvalue weighted by molar-refractivity contribution is -0.120. The number of thioether (sulfide) groups is 1. The molecule has 1 N–H and O–H groups in total. The summed E-state index contributed by atoms with van der Waals surface area (Å²) in [5.41, 5.74) is 1.47. The second-order valence-electron chi connectivity index (χ2n) is 6.48. The molecule has 5 nitrogen and oxygen atoms in total. The minimum atomic E-state index is -0.393. The Balaban J connectivity index is 1.82. The Labute approximate surface area is 173 Å². The molecule has 7 heteroatoms. The van der Waals surface area contributed by atoms with Crippen LogP contribution in [-0.4, -0.2) is 20.7 Å². The highest BCUT2D eigenvalue weighted by Crippen LogP contribution is 2.24. The first-order valence-electron chi connectivity index (χ1n) is 9.18. The molecule has 2 aromatic carbocycles. The van der Waals surface area contributed by atoms with Crippen molar-refractivity contribution in [3.05, 3.63) is 69.5 Å². The highest BCUT2D eigenvalue weighted by molar-refractivity contribution is 8.00. The summed E-state index contributed by atoms with van der Waals surface area (Å²) in [6, 6.07) is 14.8. The van der Waals surface area contributed by atoms with E-state index in [1.54, 1.807) is 22.8 Å². The van der Waals surface area contributed by atoms with E-state index in [2.05, 4.69) is 10.3 Å². The van der Waals surface area contributed by atoms with Crippen molar-refractivity contribution < 1.29 is 4.79 Å². The van der Waals surface area contributed by atoms with Crippen LogP contribution in [-0.2, 0) is 17.9 Å². The molecular formula is C21H22ClN3O2S. The fourth-order valence-corrected chi connectivity index (χ4v) is 3.95. The first kappa shape index (κ1) is 20.4. The first-order chi connectivity index (χ1) is 13.5. The Morgan fingerprint density at radius 1 is 1.25 bits per heavy atom. The standard InChI is InChI=1S/C21H22ClN3O2S/c1-3-11-25-20(27)17-10-9-16(22)12-18(17)24-21(25)28-14(2)19(26)23-13-15-7-5-4-6-8-15/h4-10,12,14H,3,11,13H2,1-2H3,(H,23,26)/t14-/m0/s1. The fraction of sp³-hybridized carbons (Fsp3) is 0.286. The van der Waals surface area contributed by atoms with Crippen molar-refractivity contribution in [2.24, 2.45) is 0 Å². The summed E-state index contributed by atoms with van der Waals surface area (Å²) in [7, 11) is 0. The topological polar surface area (TPSA) is 64.0 Å². The quantitative estimate of drug-likeness (QED) is 0.462. The molecule has 0 aliphatic carbocycles. The van der Waals surface area contributed by atoms with Gasteiger partial charge in [0.25, 0.3) is 5.56 Å². The van der Waals surface area contributed by atoms with E-state index in [1.165, 1.54) is 11.8 Å². The van der Waals surface area contributed by atoms with Gasteiger partial charge >= 0.3 is 0 Å². The number of aromatic nitrogens is 2. The molecular weight excluding hydrogens is 394 g/mol. The van der Waals surface area contributed by atoms with Crippen molar-refractivity contribution in [3.8, 4) is 0 Å². The van der Waals surface area contributed by atoms with E-state index in [1.807, 2.05) is 44.2 Å². The Morgan fingerprint density at radius 2 is 2.00 bits per heavy atom. The Kier molecular flexibility index (Phi) is 6.75. The number of amides is 1.